The Bertz CT molecular complexity index is 1290. The minimum absolute atomic E-state index is 0.0137. The minimum Gasteiger partial charge on any atom is -0.504 e. The fourth-order valence-corrected chi connectivity index (χ4v) is 3.75. The fourth-order valence-electron chi connectivity index (χ4n) is 3.75. The van der Waals surface area contributed by atoms with Gasteiger partial charge in [-0.1, -0.05) is 12.1 Å². The van der Waals surface area contributed by atoms with Crippen LogP contribution in [-0.2, 0) is 11.3 Å². The predicted molar refractivity (Wildman–Crippen MR) is 134 cm³/mol. The van der Waals surface area contributed by atoms with Crippen molar-refractivity contribution in [2.45, 2.75) is 19.9 Å². The van der Waals surface area contributed by atoms with Crippen LogP contribution < -0.4 is 5.32 Å². The normalized spacial score (nSPS) is 13.5. The third-order valence-corrected chi connectivity index (χ3v) is 5.40. The van der Waals surface area contributed by atoms with Crippen molar-refractivity contribution < 1.29 is 24.2 Å². The highest BCUT2D eigenvalue weighted by Crippen LogP contribution is 2.39. The lowest BCUT2D eigenvalue weighted by atomic mass is 10.1. The number of aliphatic imine (C=N–C) groups is 1. The highest BCUT2D eigenvalue weighted by molar-refractivity contribution is 6.21. The number of benzene rings is 1. The van der Waals surface area contributed by atoms with Gasteiger partial charge in [0.1, 0.15) is 0 Å². The summed E-state index contributed by atoms with van der Waals surface area (Å²) < 4.78 is 11.2. The molecule has 0 radical (unpaired) electrons. The quantitative estimate of drug-likeness (QED) is 0.309. The molecule has 182 valence electrons. The molecule has 9 nitrogen and oxygen atoms in total. The summed E-state index contributed by atoms with van der Waals surface area (Å²) in [6, 6.07) is 9.59. The molecule has 0 aliphatic carbocycles. The summed E-state index contributed by atoms with van der Waals surface area (Å²) >= 11 is 0. The van der Waals surface area contributed by atoms with Crippen molar-refractivity contribution in [3.63, 3.8) is 0 Å². The zero-order valence-electron chi connectivity index (χ0n) is 19.9. The van der Waals surface area contributed by atoms with Gasteiger partial charge < -0.3 is 29.6 Å². The molecule has 0 unspecified atom stereocenters. The molecular weight excluding hydrogens is 448 g/mol. The molecule has 1 aliphatic heterocycles. The molecule has 0 atom stereocenters. The number of esters is 1. The largest absolute Gasteiger partial charge is 0.504 e. The standard InChI is InChI=1S/C26H28N4O5/c1-16-12-17(15-30(2)3)7-8-20(16)29-25-22(26(33)34-11-5-10-31)23(32)21(35-25)13-18-14-28-24-19(18)6-4-9-27-24/h4,6-9,12-14,29,31-32H,5,10-11,15H2,1-3H3. The average molecular weight is 477 g/mol. The van der Waals surface area contributed by atoms with E-state index in [4.69, 9.17) is 14.3 Å². The van der Waals surface area contributed by atoms with Gasteiger partial charge in [0, 0.05) is 48.8 Å². The van der Waals surface area contributed by atoms with Gasteiger partial charge in [-0.3, -0.25) is 0 Å². The van der Waals surface area contributed by atoms with Crippen LogP contribution in [0.2, 0.25) is 0 Å². The smallest absolute Gasteiger partial charge is 0.347 e. The molecule has 0 fully saturated rings. The molecule has 3 heterocycles. The maximum atomic E-state index is 12.8. The summed E-state index contributed by atoms with van der Waals surface area (Å²) in [7, 11) is 4.00. The molecular formula is C26H28N4O5. The van der Waals surface area contributed by atoms with Gasteiger partial charge in [-0.25, -0.2) is 14.8 Å². The predicted octanol–water partition coefficient (Wildman–Crippen LogP) is 4.29. The van der Waals surface area contributed by atoms with Crippen LogP contribution in [0.1, 0.15) is 39.2 Å². The zero-order chi connectivity index (χ0) is 24.9. The van der Waals surface area contributed by atoms with E-state index in [1.807, 2.05) is 45.3 Å². The number of carbonyl (C=O) groups is 1. The molecule has 2 aromatic heterocycles. The molecule has 1 aliphatic rings. The van der Waals surface area contributed by atoms with Crippen LogP contribution in [0.3, 0.4) is 0 Å². The molecule has 9 heteroatoms. The Labute approximate surface area is 203 Å². The first kappa shape index (κ1) is 24.2. The number of hydrogen-bond acceptors (Lipinski definition) is 9. The Balaban J connectivity index is 1.70. The molecule has 35 heavy (non-hydrogen) atoms. The number of hydrogen-bond donors (Lipinski definition) is 3. The monoisotopic (exact) mass is 476 g/mol. The van der Waals surface area contributed by atoms with E-state index in [1.165, 1.54) is 0 Å². The number of nitrogens with one attached hydrogen (secondary N) is 1. The van der Waals surface area contributed by atoms with Crippen LogP contribution in [0.15, 0.2) is 45.9 Å². The van der Waals surface area contributed by atoms with Crippen LogP contribution in [0.4, 0.5) is 17.4 Å². The second kappa shape index (κ2) is 10.5. The number of pyridine rings is 1. The lowest BCUT2D eigenvalue weighted by molar-refractivity contribution is 0.0480. The number of nitrogens with zero attached hydrogens (tertiary/aromatic N) is 3. The summed E-state index contributed by atoms with van der Waals surface area (Å²) in [6.45, 7) is 2.64. The number of carbonyl (C=O) groups excluding carboxylic acids is 1. The van der Waals surface area contributed by atoms with E-state index in [2.05, 4.69) is 20.2 Å². The SMILES string of the molecule is Cc1cc(CN(C)C)ccc1Nc1oc(C=C2C=Nc3ncccc32)c(O)c1C(=O)OCCCO. The van der Waals surface area contributed by atoms with E-state index in [0.29, 0.717) is 11.4 Å². The number of aliphatic hydroxyl groups excluding tert-OH is 1. The Hall–Kier alpha value is -3.95. The molecule has 0 bridgehead atoms. The van der Waals surface area contributed by atoms with E-state index in [-0.39, 0.29) is 42.6 Å². The maximum absolute atomic E-state index is 12.8. The molecule has 1 aromatic carbocycles. The van der Waals surface area contributed by atoms with Crippen LogP contribution in [0.25, 0.3) is 11.6 Å². The highest BCUT2D eigenvalue weighted by Gasteiger charge is 2.27. The molecule has 0 spiro atoms. The number of aromatic hydroxyl groups is 1. The van der Waals surface area contributed by atoms with E-state index in [1.54, 1.807) is 24.6 Å². The van der Waals surface area contributed by atoms with Gasteiger partial charge >= 0.3 is 5.97 Å². The van der Waals surface area contributed by atoms with Gasteiger partial charge in [0.05, 0.1) is 6.61 Å². The second-order valence-electron chi connectivity index (χ2n) is 8.48. The molecule has 0 amide bonds. The van der Waals surface area contributed by atoms with Gasteiger partial charge in [0.2, 0.25) is 5.88 Å². The van der Waals surface area contributed by atoms with E-state index < -0.39 is 5.97 Å². The number of anilines is 2. The Kier molecular flexibility index (Phi) is 7.28. The number of furan rings is 1. The summed E-state index contributed by atoms with van der Waals surface area (Å²) in [6.07, 6.45) is 5.17. The number of rotatable bonds is 9. The number of ether oxygens (including phenoxy) is 1. The van der Waals surface area contributed by atoms with Crippen molar-refractivity contribution in [3.8, 4) is 5.75 Å². The molecule has 3 N–H and O–H groups in total. The van der Waals surface area contributed by atoms with Crippen molar-refractivity contribution in [1.82, 2.24) is 9.88 Å². The van der Waals surface area contributed by atoms with E-state index >= 15 is 0 Å². The molecule has 4 rings (SSSR count). The van der Waals surface area contributed by atoms with Crippen LogP contribution in [0.5, 0.6) is 5.75 Å². The number of aromatic nitrogens is 1. The first-order valence-electron chi connectivity index (χ1n) is 11.2. The summed E-state index contributed by atoms with van der Waals surface area (Å²) in [5, 5.41) is 23.1. The van der Waals surface area contributed by atoms with Gasteiger partial charge in [-0.05, 0) is 56.4 Å². The van der Waals surface area contributed by atoms with Crippen molar-refractivity contribution in [3.05, 3.63) is 64.5 Å². The number of aliphatic hydroxyl groups is 1. The second-order valence-corrected chi connectivity index (χ2v) is 8.48. The minimum atomic E-state index is -0.754. The fraction of sp³-hybridized carbons (Fsp3) is 0.269. The van der Waals surface area contributed by atoms with Crippen molar-refractivity contribution in [1.29, 1.82) is 0 Å². The van der Waals surface area contributed by atoms with Crippen LogP contribution in [-0.4, -0.2) is 59.6 Å². The molecule has 0 saturated heterocycles. The van der Waals surface area contributed by atoms with E-state index in [0.717, 1.165) is 28.9 Å². The lowest BCUT2D eigenvalue weighted by Crippen LogP contribution is -2.11. The number of aryl methyl sites for hydroxylation is 1. The van der Waals surface area contributed by atoms with Crippen LogP contribution >= 0.6 is 0 Å². The highest BCUT2D eigenvalue weighted by atomic mass is 16.5. The first-order valence-corrected chi connectivity index (χ1v) is 11.2. The topological polar surface area (TPSA) is 120 Å². The summed E-state index contributed by atoms with van der Waals surface area (Å²) in [4.78, 5) is 23.4. The number of fused-ring (bicyclic) bond motifs is 1. The average Bonchev–Trinajstić information content (AvgIpc) is 3.36. The zero-order valence-corrected chi connectivity index (χ0v) is 19.9. The third kappa shape index (κ3) is 5.42. The Morgan fingerprint density at radius 1 is 1.29 bits per heavy atom. The summed E-state index contributed by atoms with van der Waals surface area (Å²) in [5.74, 6) is -0.382. The maximum Gasteiger partial charge on any atom is 0.347 e. The first-order chi connectivity index (χ1) is 16.9. The Morgan fingerprint density at radius 3 is 2.86 bits per heavy atom. The number of allylic oxidation sites excluding steroid dienone is 1. The lowest BCUT2D eigenvalue weighted by Gasteiger charge is -2.13. The van der Waals surface area contributed by atoms with Gasteiger partial charge in [0.15, 0.2) is 22.9 Å². The summed E-state index contributed by atoms with van der Waals surface area (Å²) in [5.41, 5.74) is 4.17. The molecule has 3 aromatic rings. The van der Waals surface area contributed by atoms with Gasteiger partial charge in [-0.2, -0.15) is 0 Å². The van der Waals surface area contributed by atoms with Crippen LogP contribution in [0, 0.1) is 6.92 Å². The van der Waals surface area contributed by atoms with Crippen molar-refractivity contribution in [2.75, 3.05) is 32.6 Å². The molecule has 0 saturated carbocycles. The van der Waals surface area contributed by atoms with Gasteiger partial charge in [-0.15, -0.1) is 0 Å². The van der Waals surface area contributed by atoms with Crippen molar-refractivity contribution in [2.24, 2.45) is 4.99 Å². The van der Waals surface area contributed by atoms with Crippen molar-refractivity contribution >= 4 is 41.2 Å². The van der Waals surface area contributed by atoms with Gasteiger partial charge in [0.25, 0.3) is 0 Å². The van der Waals surface area contributed by atoms with E-state index in [9.17, 15) is 9.90 Å². The third-order valence-electron chi connectivity index (χ3n) is 5.40. The Morgan fingerprint density at radius 2 is 2.11 bits per heavy atom.